The van der Waals surface area contributed by atoms with Gasteiger partial charge in [0, 0.05) is 50.7 Å². The number of fused-ring (bicyclic) bond motifs is 2. The SMILES string of the molecule is COC1CCC(C(=O)N2Cc3cccnc3Nc3ccc(N4CC(OC)C4)cc32)CC1. The zero-order chi connectivity index (χ0) is 21.4. The molecule has 2 aliphatic heterocycles. The number of carbonyl (C=O) groups excluding carboxylic acids is 1. The van der Waals surface area contributed by atoms with Crippen molar-refractivity contribution in [2.24, 2.45) is 5.92 Å². The van der Waals surface area contributed by atoms with Crippen LogP contribution < -0.4 is 15.1 Å². The summed E-state index contributed by atoms with van der Waals surface area (Å²) in [5, 5.41) is 3.46. The quantitative estimate of drug-likeness (QED) is 0.810. The van der Waals surface area contributed by atoms with Gasteiger partial charge in [0.15, 0.2) is 0 Å². The third-order valence-corrected chi connectivity index (χ3v) is 6.91. The smallest absolute Gasteiger partial charge is 0.230 e. The van der Waals surface area contributed by atoms with E-state index in [-0.39, 0.29) is 24.0 Å². The summed E-state index contributed by atoms with van der Waals surface area (Å²) in [6.45, 7) is 2.27. The first-order valence-corrected chi connectivity index (χ1v) is 11.1. The fourth-order valence-corrected chi connectivity index (χ4v) is 4.87. The Labute approximate surface area is 183 Å². The second kappa shape index (κ2) is 8.48. The molecule has 0 atom stereocenters. The van der Waals surface area contributed by atoms with Gasteiger partial charge in [-0.25, -0.2) is 4.98 Å². The summed E-state index contributed by atoms with van der Waals surface area (Å²) < 4.78 is 10.9. The van der Waals surface area contributed by atoms with E-state index in [4.69, 9.17) is 9.47 Å². The minimum absolute atomic E-state index is 0.0306. The number of aromatic nitrogens is 1. The summed E-state index contributed by atoms with van der Waals surface area (Å²) >= 11 is 0. The highest BCUT2D eigenvalue weighted by Crippen LogP contribution is 2.40. The number of methoxy groups -OCH3 is 2. The molecule has 3 aliphatic rings. The fourth-order valence-electron chi connectivity index (χ4n) is 4.87. The molecule has 2 aromatic rings. The second-order valence-electron chi connectivity index (χ2n) is 8.73. The number of carbonyl (C=O) groups is 1. The van der Waals surface area contributed by atoms with E-state index in [0.717, 1.165) is 67.2 Å². The lowest BCUT2D eigenvalue weighted by atomic mass is 9.86. The van der Waals surface area contributed by atoms with Crippen LogP contribution in [0, 0.1) is 5.92 Å². The molecule has 1 aliphatic carbocycles. The van der Waals surface area contributed by atoms with Crippen molar-refractivity contribution >= 4 is 28.8 Å². The Balaban J connectivity index is 1.47. The van der Waals surface area contributed by atoms with E-state index in [2.05, 4.69) is 33.4 Å². The Morgan fingerprint density at radius 2 is 1.84 bits per heavy atom. The average molecular weight is 423 g/mol. The molecule has 1 saturated heterocycles. The molecule has 0 bridgehead atoms. The van der Waals surface area contributed by atoms with Crippen LogP contribution in [0.4, 0.5) is 22.9 Å². The fraction of sp³-hybridized carbons (Fsp3) is 0.500. The monoisotopic (exact) mass is 422 g/mol. The van der Waals surface area contributed by atoms with Crippen molar-refractivity contribution in [2.45, 2.75) is 44.4 Å². The molecule has 7 nitrogen and oxygen atoms in total. The minimum Gasteiger partial charge on any atom is -0.381 e. The largest absolute Gasteiger partial charge is 0.381 e. The maximum atomic E-state index is 13.7. The lowest BCUT2D eigenvalue weighted by molar-refractivity contribution is -0.124. The van der Waals surface area contributed by atoms with Crippen LogP contribution in [-0.4, -0.2) is 50.4 Å². The first-order valence-electron chi connectivity index (χ1n) is 11.1. The summed E-state index contributed by atoms with van der Waals surface area (Å²) in [5.41, 5.74) is 4.00. The molecular formula is C24H30N4O3. The Bertz CT molecular complexity index is 952. The predicted molar refractivity (Wildman–Crippen MR) is 121 cm³/mol. The molecule has 1 aromatic heterocycles. The van der Waals surface area contributed by atoms with Crippen LogP contribution in [-0.2, 0) is 20.8 Å². The van der Waals surface area contributed by atoms with Gasteiger partial charge in [0.2, 0.25) is 5.91 Å². The zero-order valence-corrected chi connectivity index (χ0v) is 18.2. The molecule has 7 heteroatoms. The molecule has 0 unspecified atom stereocenters. The summed E-state index contributed by atoms with van der Waals surface area (Å²) in [5.74, 6) is 1.05. The Kier molecular flexibility index (Phi) is 5.54. The molecule has 5 rings (SSSR count). The summed E-state index contributed by atoms with van der Waals surface area (Å²) in [4.78, 5) is 22.5. The van der Waals surface area contributed by atoms with Gasteiger partial charge in [-0.3, -0.25) is 4.79 Å². The van der Waals surface area contributed by atoms with E-state index in [1.54, 1.807) is 20.4 Å². The lowest BCUT2D eigenvalue weighted by Crippen LogP contribution is -2.51. The van der Waals surface area contributed by atoms with E-state index < -0.39 is 0 Å². The average Bonchev–Trinajstić information content (AvgIpc) is 2.94. The van der Waals surface area contributed by atoms with E-state index in [9.17, 15) is 4.79 Å². The molecule has 31 heavy (non-hydrogen) atoms. The van der Waals surface area contributed by atoms with Crippen LogP contribution in [0.15, 0.2) is 36.5 Å². The highest BCUT2D eigenvalue weighted by molar-refractivity contribution is 6.00. The van der Waals surface area contributed by atoms with Gasteiger partial charge in [0.05, 0.1) is 30.1 Å². The number of ether oxygens (including phenoxy) is 2. The molecular weight excluding hydrogens is 392 g/mol. The van der Waals surface area contributed by atoms with Crippen LogP contribution in [0.25, 0.3) is 0 Å². The summed E-state index contributed by atoms with van der Waals surface area (Å²) in [7, 11) is 3.52. The first-order chi connectivity index (χ1) is 15.2. The van der Waals surface area contributed by atoms with Gasteiger partial charge in [-0.1, -0.05) is 6.07 Å². The number of hydrogen-bond acceptors (Lipinski definition) is 6. The molecule has 0 radical (unpaired) electrons. The number of benzene rings is 1. The van der Waals surface area contributed by atoms with Crippen molar-refractivity contribution in [1.82, 2.24) is 4.98 Å². The predicted octanol–water partition coefficient (Wildman–Crippen LogP) is 3.71. The van der Waals surface area contributed by atoms with Crippen LogP contribution in [0.5, 0.6) is 0 Å². The number of rotatable bonds is 4. The number of anilines is 4. The Hall–Kier alpha value is -2.64. The van der Waals surface area contributed by atoms with E-state index in [1.807, 2.05) is 17.0 Å². The highest BCUT2D eigenvalue weighted by Gasteiger charge is 2.34. The van der Waals surface area contributed by atoms with E-state index in [1.165, 1.54) is 0 Å². The molecule has 3 heterocycles. The van der Waals surface area contributed by atoms with E-state index >= 15 is 0 Å². The molecule has 1 N–H and O–H groups in total. The molecule has 1 saturated carbocycles. The van der Waals surface area contributed by atoms with Crippen molar-refractivity contribution < 1.29 is 14.3 Å². The minimum atomic E-state index is 0.0306. The summed E-state index contributed by atoms with van der Waals surface area (Å²) in [6, 6.07) is 10.3. The van der Waals surface area contributed by atoms with Crippen LogP contribution in [0.1, 0.15) is 31.2 Å². The molecule has 1 amide bonds. The van der Waals surface area contributed by atoms with Gasteiger partial charge in [-0.2, -0.15) is 0 Å². The lowest BCUT2D eigenvalue weighted by Gasteiger charge is -2.40. The third kappa shape index (κ3) is 3.88. The van der Waals surface area contributed by atoms with Crippen LogP contribution in [0.2, 0.25) is 0 Å². The van der Waals surface area contributed by atoms with Crippen molar-refractivity contribution in [3.8, 4) is 0 Å². The third-order valence-electron chi connectivity index (χ3n) is 6.91. The van der Waals surface area contributed by atoms with Crippen molar-refractivity contribution in [3.63, 3.8) is 0 Å². The van der Waals surface area contributed by atoms with Crippen molar-refractivity contribution in [1.29, 1.82) is 0 Å². The number of pyridine rings is 1. The van der Waals surface area contributed by atoms with Gasteiger partial charge in [0.1, 0.15) is 5.82 Å². The Morgan fingerprint density at radius 1 is 1.06 bits per heavy atom. The second-order valence-corrected chi connectivity index (χ2v) is 8.73. The number of hydrogen-bond donors (Lipinski definition) is 1. The highest BCUT2D eigenvalue weighted by atomic mass is 16.5. The Morgan fingerprint density at radius 3 is 2.58 bits per heavy atom. The van der Waals surface area contributed by atoms with Gasteiger partial charge in [-0.15, -0.1) is 0 Å². The number of nitrogens with one attached hydrogen (secondary N) is 1. The standard InChI is InChI=1S/C24H30N4O3/c1-30-19-8-5-16(6-9-19)24(29)28-13-17-4-3-11-25-23(17)26-21-10-7-18(12-22(21)28)27-14-20(15-27)31-2/h3-4,7,10-12,16,19-20H,5-6,8-9,13-15H2,1-2H3,(H,25,26). The first kappa shape index (κ1) is 20.3. The molecule has 164 valence electrons. The molecule has 2 fully saturated rings. The van der Waals surface area contributed by atoms with Crippen LogP contribution >= 0.6 is 0 Å². The van der Waals surface area contributed by atoms with Gasteiger partial charge in [-0.05, 0) is 49.9 Å². The van der Waals surface area contributed by atoms with E-state index in [0.29, 0.717) is 6.54 Å². The maximum absolute atomic E-state index is 13.7. The number of amides is 1. The van der Waals surface area contributed by atoms with Gasteiger partial charge in [0.25, 0.3) is 0 Å². The maximum Gasteiger partial charge on any atom is 0.230 e. The molecule has 1 aromatic carbocycles. The summed E-state index contributed by atoms with van der Waals surface area (Å²) in [6.07, 6.45) is 5.97. The number of nitrogens with zero attached hydrogens (tertiary/aromatic N) is 3. The normalized spacial score (nSPS) is 23.3. The molecule has 0 spiro atoms. The van der Waals surface area contributed by atoms with Crippen molar-refractivity contribution in [3.05, 3.63) is 42.1 Å². The van der Waals surface area contributed by atoms with Gasteiger partial charge >= 0.3 is 0 Å². The topological polar surface area (TPSA) is 66.9 Å². The van der Waals surface area contributed by atoms with Crippen LogP contribution in [0.3, 0.4) is 0 Å². The van der Waals surface area contributed by atoms with Gasteiger partial charge < -0.3 is 24.6 Å². The van der Waals surface area contributed by atoms with Crippen molar-refractivity contribution in [2.75, 3.05) is 42.4 Å². The zero-order valence-electron chi connectivity index (χ0n) is 18.2.